The van der Waals surface area contributed by atoms with Crippen LogP contribution in [0.3, 0.4) is 0 Å². The van der Waals surface area contributed by atoms with Gasteiger partial charge in [-0.1, -0.05) is 23.7 Å². The van der Waals surface area contributed by atoms with E-state index in [9.17, 15) is 9.59 Å². The fourth-order valence-electron chi connectivity index (χ4n) is 3.09. The summed E-state index contributed by atoms with van der Waals surface area (Å²) in [6.07, 6.45) is 3.28. The molecule has 1 saturated heterocycles. The third kappa shape index (κ3) is 5.27. The van der Waals surface area contributed by atoms with Crippen LogP contribution in [0, 0.1) is 5.92 Å². The number of esters is 1. The van der Waals surface area contributed by atoms with Crippen LogP contribution in [0.1, 0.15) is 28.8 Å². The monoisotopic (exact) mass is 403 g/mol. The molecule has 1 amide bonds. The van der Waals surface area contributed by atoms with E-state index in [1.165, 1.54) is 4.90 Å². The minimum absolute atomic E-state index is 0.0210. The third-order valence-corrected chi connectivity index (χ3v) is 5.74. The van der Waals surface area contributed by atoms with Gasteiger partial charge < -0.3 is 9.64 Å². The average Bonchev–Trinajstić information content (AvgIpc) is 2.72. The molecule has 4 nitrogen and oxygen atoms in total. The van der Waals surface area contributed by atoms with Gasteiger partial charge in [-0.05, 0) is 61.1 Å². The molecule has 1 aliphatic heterocycles. The van der Waals surface area contributed by atoms with Crippen LogP contribution in [0.5, 0.6) is 0 Å². The molecule has 0 aromatic heterocycles. The van der Waals surface area contributed by atoms with E-state index in [0.717, 1.165) is 5.56 Å². The number of thioether (sulfide) groups is 1. The maximum absolute atomic E-state index is 12.5. The van der Waals surface area contributed by atoms with Gasteiger partial charge in [0.25, 0.3) is 5.91 Å². The van der Waals surface area contributed by atoms with Crippen molar-refractivity contribution < 1.29 is 14.3 Å². The van der Waals surface area contributed by atoms with Crippen molar-refractivity contribution in [1.82, 2.24) is 4.90 Å². The molecule has 0 bridgehead atoms. The lowest BCUT2D eigenvalue weighted by Gasteiger charge is -2.31. The first kappa shape index (κ1) is 19.8. The predicted molar refractivity (Wildman–Crippen MR) is 108 cm³/mol. The maximum Gasteiger partial charge on any atom is 0.309 e. The van der Waals surface area contributed by atoms with Crippen LogP contribution in [0.2, 0.25) is 5.02 Å². The minimum atomic E-state index is -0.178. The molecule has 2 aromatic rings. The Kier molecular flexibility index (Phi) is 6.80. The Morgan fingerprint density at radius 3 is 2.30 bits per heavy atom. The van der Waals surface area contributed by atoms with Crippen LogP contribution in [0.25, 0.3) is 0 Å². The highest BCUT2D eigenvalue weighted by molar-refractivity contribution is 7.98. The Bertz CT molecular complexity index is 784. The maximum atomic E-state index is 12.5. The van der Waals surface area contributed by atoms with Gasteiger partial charge in [-0.15, -0.1) is 11.8 Å². The van der Waals surface area contributed by atoms with Crippen molar-refractivity contribution in [3.05, 3.63) is 64.7 Å². The number of rotatable bonds is 5. The number of ether oxygens (including phenoxy) is 1. The summed E-state index contributed by atoms with van der Waals surface area (Å²) in [6, 6.07) is 14.9. The number of carbonyl (C=O) groups is 2. The number of hydrogen-bond acceptors (Lipinski definition) is 4. The molecule has 2 aromatic carbocycles. The van der Waals surface area contributed by atoms with E-state index in [0.29, 0.717) is 36.5 Å². The molecule has 0 radical (unpaired) electrons. The van der Waals surface area contributed by atoms with Gasteiger partial charge in [0.15, 0.2) is 0 Å². The highest BCUT2D eigenvalue weighted by Gasteiger charge is 2.28. The molecule has 0 atom stereocenters. The number of carbonyl (C=O) groups excluding carboxylic acids is 2. The van der Waals surface area contributed by atoms with Crippen molar-refractivity contribution >= 4 is 35.2 Å². The second-order valence-corrected chi connectivity index (χ2v) is 7.85. The van der Waals surface area contributed by atoms with Gasteiger partial charge in [0.05, 0.1) is 5.92 Å². The Morgan fingerprint density at radius 1 is 1.07 bits per heavy atom. The number of amides is 1. The Hall–Kier alpha value is -1.98. The Labute approximate surface area is 168 Å². The Morgan fingerprint density at radius 2 is 1.70 bits per heavy atom. The molecule has 27 heavy (non-hydrogen) atoms. The number of likely N-dealkylation sites (tertiary alicyclic amines) is 1. The zero-order valence-corrected chi connectivity index (χ0v) is 16.8. The van der Waals surface area contributed by atoms with Gasteiger partial charge >= 0.3 is 5.97 Å². The molecule has 3 rings (SSSR count). The fraction of sp³-hybridized carbons (Fsp3) is 0.333. The number of piperidine rings is 1. The van der Waals surface area contributed by atoms with E-state index < -0.39 is 0 Å². The van der Waals surface area contributed by atoms with Gasteiger partial charge in [0.2, 0.25) is 0 Å². The van der Waals surface area contributed by atoms with Crippen LogP contribution >= 0.6 is 23.4 Å². The van der Waals surface area contributed by atoms with Gasteiger partial charge in [0.1, 0.15) is 6.61 Å². The lowest BCUT2D eigenvalue weighted by Crippen LogP contribution is -2.40. The number of nitrogens with zero attached hydrogens (tertiary/aromatic N) is 1. The molecule has 6 heteroatoms. The molecule has 0 saturated carbocycles. The average molecular weight is 404 g/mol. The van der Waals surface area contributed by atoms with E-state index in [2.05, 4.69) is 0 Å². The molecule has 0 N–H and O–H groups in total. The summed E-state index contributed by atoms with van der Waals surface area (Å²) in [5.74, 6) is -0.348. The van der Waals surface area contributed by atoms with Crippen molar-refractivity contribution in [2.45, 2.75) is 24.3 Å². The second-order valence-electron chi connectivity index (χ2n) is 6.53. The first-order valence-electron chi connectivity index (χ1n) is 8.91. The van der Waals surface area contributed by atoms with Crippen LogP contribution in [-0.2, 0) is 16.1 Å². The van der Waals surface area contributed by atoms with Crippen molar-refractivity contribution in [2.75, 3.05) is 19.3 Å². The van der Waals surface area contributed by atoms with Crippen LogP contribution in [-0.4, -0.2) is 36.1 Å². The highest BCUT2D eigenvalue weighted by Crippen LogP contribution is 2.22. The lowest BCUT2D eigenvalue weighted by atomic mass is 9.96. The summed E-state index contributed by atoms with van der Waals surface area (Å²) in [4.78, 5) is 27.8. The molecular formula is C21H22ClNO3S. The number of benzene rings is 2. The van der Waals surface area contributed by atoms with Gasteiger partial charge in [-0.2, -0.15) is 0 Å². The third-order valence-electron chi connectivity index (χ3n) is 4.75. The molecule has 1 heterocycles. The summed E-state index contributed by atoms with van der Waals surface area (Å²) in [5, 5.41) is 0.607. The number of halogens is 1. The van der Waals surface area contributed by atoms with Crippen molar-refractivity contribution in [3.8, 4) is 0 Å². The topological polar surface area (TPSA) is 46.6 Å². The largest absolute Gasteiger partial charge is 0.461 e. The molecule has 1 aliphatic rings. The van der Waals surface area contributed by atoms with Crippen LogP contribution in [0.4, 0.5) is 0 Å². The quantitative estimate of drug-likeness (QED) is 0.538. The van der Waals surface area contributed by atoms with Gasteiger partial charge in [0, 0.05) is 28.6 Å². The molecule has 142 valence electrons. The normalized spacial score (nSPS) is 14.8. The SMILES string of the molecule is CSc1ccc(COC(=O)C2CCN(C(=O)c3ccc(Cl)cc3)CC2)cc1. The first-order valence-corrected chi connectivity index (χ1v) is 10.5. The Balaban J connectivity index is 1.47. The first-order chi connectivity index (χ1) is 13.1. The molecule has 0 unspecified atom stereocenters. The number of hydrogen-bond donors (Lipinski definition) is 0. The van der Waals surface area contributed by atoms with Crippen molar-refractivity contribution in [3.63, 3.8) is 0 Å². The van der Waals surface area contributed by atoms with Crippen LogP contribution in [0.15, 0.2) is 53.4 Å². The lowest BCUT2D eigenvalue weighted by molar-refractivity contribution is -0.151. The van der Waals surface area contributed by atoms with Crippen molar-refractivity contribution in [1.29, 1.82) is 0 Å². The standard InChI is InChI=1S/C21H22ClNO3S/c1-27-19-8-2-15(3-9-19)14-26-21(25)17-10-12-23(13-11-17)20(24)16-4-6-18(22)7-5-16/h2-9,17H,10-14H2,1H3. The zero-order chi connectivity index (χ0) is 19.2. The van der Waals surface area contributed by atoms with E-state index in [4.69, 9.17) is 16.3 Å². The molecule has 0 aliphatic carbocycles. The highest BCUT2D eigenvalue weighted by atomic mass is 35.5. The summed E-state index contributed by atoms with van der Waals surface area (Å²) >= 11 is 7.55. The van der Waals surface area contributed by atoms with E-state index in [1.807, 2.05) is 30.5 Å². The zero-order valence-electron chi connectivity index (χ0n) is 15.2. The predicted octanol–water partition coefficient (Wildman–Crippen LogP) is 4.66. The van der Waals surface area contributed by atoms with E-state index >= 15 is 0 Å². The fourth-order valence-corrected chi connectivity index (χ4v) is 3.62. The summed E-state index contributed by atoms with van der Waals surface area (Å²) in [5.41, 5.74) is 1.60. The summed E-state index contributed by atoms with van der Waals surface area (Å²) in [6.45, 7) is 1.41. The van der Waals surface area contributed by atoms with Crippen molar-refractivity contribution in [2.24, 2.45) is 5.92 Å². The van der Waals surface area contributed by atoms with Gasteiger partial charge in [-0.25, -0.2) is 0 Å². The van der Waals surface area contributed by atoms with E-state index in [1.54, 1.807) is 40.9 Å². The van der Waals surface area contributed by atoms with E-state index in [-0.39, 0.29) is 24.4 Å². The van der Waals surface area contributed by atoms with Gasteiger partial charge in [-0.3, -0.25) is 9.59 Å². The second kappa shape index (κ2) is 9.29. The molecule has 0 spiro atoms. The minimum Gasteiger partial charge on any atom is -0.461 e. The smallest absolute Gasteiger partial charge is 0.309 e. The molecule has 1 fully saturated rings. The van der Waals surface area contributed by atoms with Crippen LogP contribution < -0.4 is 0 Å². The molecular weight excluding hydrogens is 382 g/mol. The summed E-state index contributed by atoms with van der Waals surface area (Å²) in [7, 11) is 0. The summed E-state index contributed by atoms with van der Waals surface area (Å²) < 4.78 is 5.47.